The highest BCUT2D eigenvalue weighted by Gasteiger charge is 2.29. The van der Waals surface area contributed by atoms with Gasteiger partial charge >= 0.3 is 5.97 Å². The minimum Gasteiger partial charge on any atom is -0.465 e. The van der Waals surface area contributed by atoms with Gasteiger partial charge in [0.1, 0.15) is 0 Å². The maximum Gasteiger partial charge on any atom is 0.337 e. The van der Waals surface area contributed by atoms with Gasteiger partial charge in [-0.2, -0.15) is 0 Å². The topological polar surface area (TPSA) is 98.5 Å². The van der Waals surface area contributed by atoms with Crippen molar-refractivity contribution in [3.8, 4) is 0 Å². The van der Waals surface area contributed by atoms with Gasteiger partial charge in [0, 0.05) is 6.04 Å². The van der Waals surface area contributed by atoms with Gasteiger partial charge in [0.05, 0.1) is 17.6 Å². The Morgan fingerprint density at radius 1 is 1.35 bits per heavy atom. The molecule has 0 spiro atoms. The second kappa shape index (κ2) is 7.42. The quantitative estimate of drug-likeness (QED) is 0.793. The first-order valence-electron chi connectivity index (χ1n) is 7.80. The van der Waals surface area contributed by atoms with E-state index in [1.807, 2.05) is 0 Å². The lowest BCUT2D eigenvalue weighted by Gasteiger charge is -2.31. The van der Waals surface area contributed by atoms with Crippen molar-refractivity contribution in [1.82, 2.24) is 4.72 Å². The van der Waals surface area contributed by atoms with Gasteiger partial charge in [-0.15, -0.1) is 0 Å². The smallest absolute Gasteiger partial charge is 0.337 e. The second-order valence-corrected chi connectivity index (χ2v) is 7.66. The normalized spacial score (nSPS) is 21.9. The Morgan fingerprint density at radius 2 is 2.04 bits per heavy atom. The number of nitrogens with two attached hydrogens (primary N) is 1. The Bertz CT molecular complexity index is 673. The highest BCUT2D eigenvalue weighted by atomic mass is 32.2. The number of benzene rings is 1. The van der Waals surface area contributed by atoms with Gasteiger partial charge in [-0.05, 0) is 56.0 Å². The maximum atomic E-state index is 12.7. The Morgan fingerprint density at radius 3 is 2.65 bits per heavy atom. The first-order valence-corrected chi connectivity index (χ1v) is 9.28. The van der Waals surface area contributed by atoms with Crippen LogP contribution < -0.4 is 10.5 Å². The third-order valence-corrected chi connectivity index (χ3v) is 6.05. The van der Waals surface area contributed by atoms with E-state index in [1.165, 1.54) is 25.3 Å². The lowest BCUT2D eigenvalue weighted by Crippen LogP contribution is -2.44. The number of carbonyl (C=O) groups excluding carboxylic acids is 1. The van der Waals surface area contributed by atoms with E-state index in [1.54, 1.807) is 6.92 Å². The van der Waals surface area contributed by atoms with E-state index in [9.17, 15) is 13.2 Å². The summed E-state index contributed by atoms with van der Waals surface area (Å²) < 4.78 is 32.8. The minimum atomic E-state index is -3.64. The predicted molar refractivity (Wildman–Crippen MR) is 87.6 cm³/mol. The first-order chi connectivity index (χ1) is 10.9. The lowest BCUT2D eigenvalue weighted by atomic mass is 9.85. The third-order valence-electron chi connectivity index (χ3n) is 4.40. The Balaban J connectivity index is 2.23. The Hall–Kier alpha value is -1.44. The molecule has 6 nitrogen and oxygen atoms in total. The van der Waals surface area contributed by atoms with Gasteiger partial charge in [0.2, 0.25) is 10.0 Å². The van der Waals surface area contributed by atoms with Gasteiger partial charge in [0.25, 0.3) is 0 Å². The predicted octanol–water partition coefficient (Wildman–Crippen LogP) is 1.58. The van der Waals surface area contributed by atoms with Crippen LogP contribution in [0.5, 0.6) is 0 Å². The Labute approximate surface area is 137 Å². The fourth-order valence-electron chi connectivity index (χ4n) is 3.10. The van der Waals surface area contributed by atoms with Crippen molar-refractivity contribution < 1.29 is 17.9 Å². The summed E-state index contributed by atoms with van der Waals surface area (Å²) in [7, 11) is -2.35. The number of ether oxygens (including phenoxy) is 1. The standard InChI is InChI=1S/C16H24N2O4S/c1-11-9-12(16(19)22-2)7-8-15(11)23(20,21)18-14-6-4-3-5-13(14)10-17/h7-9,13-14,18H,3-6,10,17H2,1-2H3. The number of esters is 1. The molecule has 23 heavy (non-hydrogen) atoms. The highest BCUT2D eigenvalue weighted by Crippen LogP contribution is 2.26. The van der Waals surface area contributed by atoms with E-state index >= 15 is 0 Å². The van der Waals surface area contributed by atoms with Crippen molar-refractivity contribution in [1.29, 1.82) is 0 Å². The van der Waals surface area contributed by atoms with Gasteiger partial charge in [-0.3, -0.25) is 0 Å². The fourth-order valence-corrected chi connectivity index (χ4v) is 4.67. The van der Waals surface area contributed by atoms with Crippen LogP contribution in [0.3, 0.4) is 0 Å². The molecular formula is C16H24N2O4S. The molecule has 128 valence electrons. The molecule has 0 bridgehead atoms. The summed E-state index contributed by atoms with van der Waals surface area (Å²) in [6.45, 7) is 2.15. The van der Waals surface area contributed by atoms with E-state index < -0.39 is 16.0 Å². The minimum absolute atomic E-state index is 0.126. The largest absolute Gasteiger partial charge is 0.465 e. The molecular weight excluding hydrogens is 316 g/mol. The van der Waals surface area contributed by atoms with Crippen molar-refractivity contribution in [2.45, 2.75) is 43.5 Å². The van der Waals surface area contributed by atoms with Gasteiger partial charge in [0.15, 0.2) is 0 Å². The number of nitrogens with one attached hydrogen (secondary N) is 1. The maximum absolute atomic E-state index is 12.7. The molecule has 7 heteroatoms. The summed E-state index contributed by atoms with van der Waals surface area (Å²) in [5.41, 5.74) is 6.61. The average Bonchev–Trinajstić information content (AvgIpc) is 2.53. The summed E-state index contributed by atoms with van der Waals surface area (Å²) in [4.78, 5) is 11.7. The van der Waals surface area contributed by atoms with Crippen molar-refractivity contribution in [3.05, 3.63) is 29.3 Å². The summed E-state index contributed by atoms with van der Waals surface area (Å²) in [5, 5.41) is 0. The molecule has 0 amide bonds. The molecule has 0 aromatic heterocycles. The first kappa shape index (κ1) is 17.9. The van der Waals surface area contributed by atoms with Crippen LogP contribution in [0.1, 0.15) is 41.6 Å². The van der Waals surface area contributed by atoms with Crippen LogP contribution in [0, 0.1) is 12.8 Å². The molecule has 0 radical (unpaired) electrons. The average molecular weight is 340 g/mol. The van der Waals surface area contributed by atoms with Crippen molar-refractivity contribution >= 4 is 16.0 Å². The van der Waals surface area contributed by atoms with Crippen molar-refractivity contribution in [3.63, 3.8) is 0 Å². The molecule has 2 atom stereocenters. The monoisotopic (exact) mass is 340 g/mol. The summed E-state index contributed by atoms with van der Waals surface area (Å²) >= 11 is 0. The van der Waals surface area contributed by atoms with Crippen molar-refractivity contribution in [2.24, 2.45) is 11.7 Å². The van der Waals surface area contributed by atoms with E-state index in [-0.39, 0.29) is 16.9 Å². The molecule has 2 unspecified atom stereocenters. The molecule has 0 heterocycles. The van der Waals surface area contributed by atoms with Crippen LogP contribution in [0.2, 0.25) is 0 Å². The molecule has 1 saturated carbocycles. The number of sulfonamides is 1. The third kappa shape index (κ3) is 4.10. The summed E-state index contributed by atoms with van der Waals surface area (Å²) in [5.74, 6) is -0.311. The van der Waals surface area contributed by atoms with Crippen LogP contribution >= 0.6 is 0 Å². The number of aryl methyl sites for hydroxylation is 1. The zero-order valence-electron chi connectivity index (χ0n) is 13.5. The van der Waals surface area contributed by atoms with E-state index in [2.05, 4.69) is 9.46 Å². The van der Waals surface area contributed by atoms with Crippen LogP contribution in [-0.2, 0) is 14.8 Å². The molecule has 0 saturated heterocycles. The van der Waals surface area contributed by atoms with E-state index in [0.717, 1.165) is 25.7 Å². The molecule has 1 aromatic carbocycles. The van der Waals surface area contributed by atoms with E-state index in [0.29, 0.717) is 17.7 Å². The number of carbonyl (C=O) groups is 1. The molecule has 1 aromatic rings. The van der Waals surface area contributed by atoms with Crippen LogP contribution in [0.25, 0.3) is 0 Å². The van der Waals surface area contributed by atoms with E-state index in [4.69, 9.17) is 5.73 Å². The SMILES string of the molecule is COC(=O)c1ccc(S(=O)(=O)NC2CCCCC2CN)c(C)c1. The van der Waals surface area contributed by atoms with Crippen LogP contribution in [0.15, 0.2) is 23.1 Å². The number of hydrogen-bond donors (Lipinski definition) is 2. The number of rotatable bonds is 5. The van der Waals surface area contributed by atoms with Crippen LogP contribution in [-0.4, -0.2) is 34.1 Å². The van der Waals surface area contributed by atoms with Gasteiger partial charge in [-0.1, -0.05) is 12.8 Å². The van der Waals surface area contributed by atoms with Crippen molar-refractivity contribution in [2.75, 3.05) is 13.7 Å². The fraction of sp³-hybridized carbons (Fsp3) is 0.562. The van der Waals surface area contributed by atoms with Crippen LogP contribution in [0.4, 0.5) is 0 Å². The molecule has 1 aliphatic carbocycles. The number of methoxy groups -OCH3 is 1. The zero-order valence-corrected chi connectivity index (χ0v) is 14.4. The second-order valence-electron chi connectivity index (χ2n) is 5.98. The van der Waals surface area contributed by atoms with Gasteiger partial charge in [-0.25, -0.2) is 17.9 Å². The molecule has 0 aliphatic heterocycles. The number of hydrogen-bond acceptors (Lipinski definition) is 5. The summed E-state index contributed by atoms with van der Waals surface area (Å²) in [6, 6.07) is 4.32. The molecule has 1 fully saturated rings. The van der Waals surface area contributed by atoms with Gasteiger partial charge < -0.3 is 10.5 Å². The molecule has 1 aliphatic rings. The lowest BCUT2D eigenvalue weighted by molar-refractivity contribution is 0.0600. The highest BCUT2D eigenvalue weighted by molar-refractivity contribution is 7.89. The Kier molecular flexibility index (Phi) is 5.78. The zero-order chi connectivity index (χ0) is 17.0. The molecule has 3 N–H and O–H groups in total. The molecule has 2 rings (SSSR count). The summed E-state index contributed by atoms with van der Waals surface area (Å²) in [6.07, 6.45) is 3.85.